The molecule has 0 amide bonds. The first-order chi connectivity index (χ1) is 17.7. The number of unbranched alkanes of at least 4 members (excludes halogenated alkanes) is 2. The second-order valence-corrected chi connectivity index (χ2v) is 9.19. The Hall–Kier alpha value is -3.05. The van der Waals surface area contributed by atoms with E-state index < -0.39 is 0 Å². The SMILES string of the molecule is CCCCOc1ccc(-c2cc(F)c(-c3ccc(OC4CCCCO4)cc3)cc2OCCCC)cc1. The predicted octanol–water partition coefficient (Wildman–Crippen LogP) is 8.42. The monoisotopic (exact) mass is 492 g/mol. The lowest BCUT2D eigenvalue weighted by atomic mass is 9.98. The molecule has 1 aliphatic rings. The zero-order chi connectivity index (χ0) is 25.2. The Morgan fingerprint density at radius 1 is 0.778 bits per heavy atom. The maximum atomic E-state index is 15.4. The van der Waals surface area contributed by atoms with Crippen molar-refractivity contribution >= 4 is 0 Å². The smallest absolute Gasteiger partial charge is 0.199 e. The quantitative estimate of drug-likeness (QED) is 0.238. The van der Waals surface area contributed by atoms with Crippen molar-refractivity contribution in [2.75, 3.05) is 19.8 Å². The maximum absolute atomic E-state index is 15.4. The van der Waals surface area contributed by atoms with Gasteiger partial charge < -0.3 is 18.9 Å². The Kier molecular flexibility index (Phi) is 9.62. The van der Waals surface area contributed by atoms with Crippen molar-refractivity contribution in [3.05, 3.63) is 66.5 Å². The lowest BCUT2D eigenvalue weighted by Crippen LogP contribution is -2.24. The van der Waals surface area contributed by atoms with Crippen LogP contribution in [-0.4, -0.2) is 26.1 Å². The molecule has 0 N–H and O–H groups in total. The lowest BCUT2D eigenvalue weighted by molar-refractivity contribution is -0.105. The van der Waals surface area contributed by atoms with Crippen LogP contribution in [0.5, 0.6) is 17.2 Å². The van der Waals surface area contributed by atoms with Gasteiger partial charge in [0.15, 0.2) is 6.29 Å². The predicted molar refractivity (Wildman–Crippen MR) is 142 cm³/mol. The van der Waals surface area contributed by atoms with E-state index in [1.807, 2.05) is 54.6 Å². The molecule has 3 aromatic carbocycles. The Bertz CT molecular complexity index is 1070. The number of hydrogen-bond acceptors (Lipinski definition) is 4. The fourth-order valence-electron chi connectivity index (χ4n) is 4.18. The van der Waals surface area contributed by atoms with Gasteiger partial charge in [-0.05, 0) is 73.2 Å². The molecule has 1 saturated heterocycles. The van der Waals surface area contributed by atoms with Crippen LogP contribution in [-0.2, 0) is 4.74 Å². The molecule has 5 heteroatoms. The Morgan fingerprint density at radius 3 is 2.06 bits per heavy atom. The van der Waals surface area contributed by atoms with E-state index in [1.54, 1.807) is 6.07 Å². The average Bonchev–Trinajstić information content (AvgIpc) is 2.91. The van der Waals surface area contributed by atoms with Crippen molar-refractivity contribution in [3.63, 3.8) is 0 Å². The van der Waals surface area contributed by atoms with E-state index >= 15 is 4.39 Å². The topological polar surface area (TPSA) is 36.9 Å². The zero-order valence-corrected chi connectivity index (χ0v) is 21.4. The summed E-state index contributed by atoms with van der Waals surface area (Å²) in [5.41, 5.74) is 2.91. The number of rotatable bonds is 12. The van der Waals surface area contributed by atoms with Gasteiger partial charge in [-0.3, -0.25) is 0 Å². The van der Waals surface area contributed by atoms with Gasteiger partial charge >= 0.3 is 0 Å². The molecular formula is C31H37FO4. The second-order valence-electron chi connectivity index (χ2n) is 9.19. The first-order valence-corrected chi connectivity index (χ1v) is 13.3. The summed E-state index contributed by atoms with van der Waals surface area (Å²) in [4.78, 5) is 0. The number of hydrogen-bond donors (Lipinski definition) is 0. The van der Waals surface area contributed by atoms with Gasteiger partial charge in [0.2, 0.25) is 0 Å². The summed E-state index contributed by atoms with van der Waals surface area (Å²) in [5.74, 6) is 1.93. The first-order valence-electron chi connectivity index (χ1n) is 13.3. The van der Waals surface area contributed by atoms with Crippen LogP contribution in [0.15, 0.2) is 60.7 Å². The Balaban J connectivity index is 1.56. The highest BCUT2D eigenvalue weighted by molar-refractivity contribution is 5.77. The molecule has 0 bridgehead atoms. The molecule has 1 aliphatic heterocycles. The number of benzene rings is 3. The van der Waals surface area contributed by atoms with Gasteiger partial charge in [0, 0.05) is 17.5 Å². The molecule has 1 fully saturated rings. The van der Waals surface area contributed by atoms with Gasteiger partial charge in [0.25, 0.3) is 0 Å². The van der Waals surface area contributed by atoms with Crippen molar-refractivity contribution in [1.29, 1.82) is 0 Å². The molecule has 4 rings (SSSR count). The standard InChI is InChI=1S/C31H37FO4/c1-3-5-18-33-25-14-10-24(11-15-25)28-21-29(32)27(22-30(28)34-19-6-4-2)23-12-16-26(17-13-23)36-31-9-7-8-20-35-31/h10-17,21-22,31H,3-9,18-20H2,1-2H3. The lowest BCUT2D eigenvalue weighted by Gasteiger charge is -2.23. The third-order valence-electron chi connectivity index (χ3n) is 6.33. The fraction of sp³-hybridized carbons (Fsp3) is 0.419. The van der Waals surface area contributed by atoms with E-state index in [9.17, 15) is 0 Å². The summed E-state index contributed by atoms with van der Waals surface area (Å²) in [6, 6.07) is 18.7. The summed E-state index contributed by atoms with van der Waals surface area (Å²) >= 11 is 0. The van der Waals surface area contributed by atoms with E-state index in [4.69, 9.17) is 18.9 Å². The molecule has 0 radical (unpaired) electrons. The molecule has 3 aromatic rings. The molecule has 36 heavy (non-hydrogen) atoms. The summed E-state index contributed by atoms with van der Waals surface area (Å²) < 4.78 is 38.9. The summed E-state index contributed by atoms with van der Waals surface area (Å²) in [6.45, 7) is 6.28. The van der Waals surface area contributed by atoms with E-state index in [2.05, 4.69) is 13.8 Å². The molecule has 1 unspecified atom stereocenters. The number of halogens is 1. The summed E-state index contributed by atoms with van der Waals surface area (Å²) in [7, 11) is 0. The van der Waals surface area contributed by atoms with Crippen LogP contribution < -0.4 is 14.2 Å². The summed E-state index contributed by atoms with van der Waals surface area (Å²) in [6.07, 6.45) is 6.94. The molecule has 4 nitrogen and oxygen atoms in total. The number of ether oxygens (including phenoxy) is 4. The maximum Gasteiger partial charge on any atom is 0.199 e. The van der Waals surface area contributed by atoms with Crippen LogP contribution in [0.3, 0.4) is 0 Å². The molecule has 1 atom stereocenters. The van der Waals surface area contributed by atoms with E-state index in [-0.39, 0.29) is 12.1 Å². The van der Waals surface area contributed by atoms with Gasteiger partial charge in [-0.25, -0.2) is 4.39 Å². The molecule has 192 valence electrons. The second kappa shape index (κ2) is 13.3. The highest BCUT2D eigenvalue weighted by Crippen LogP contribution is 2.38. The van der Waals surface area contributed by atoms with Crippen molar-refractivity contribution in [2.45, 2.75) is 65.1 Å². The van der Waals surface area contributed by atoms with Gasteiger partial charge in [-0.2, -0.15) is 0 Å². The van der Waals surface area contributed by atoms with Crippen molar-refractivity contribution < 1.29 is 23.3 Å². The van der Waals surface area contributed by atoms with Gasteiger partial charge in [0.05, 0.1) is 19.8 Å². The third kappa shape index (κ3) is 7.01. The highest BCUT2D eigenvalue weighted by atomic mass is 19.1. The van der Waals surface area contributed by atoms with Crippen LogP contribution in [0.25, 0.3) is 22.3 Å². The van der Waals surface area contributed by atoms with Gasteiger partial charge in [-0.15, -0.1) is 0 Å². The van der Waals surface area contributed by atoms with E-state index in [0.717, 1.165) is 79.7 Å². The Morgan fingerprint density at radius 2 is 1.42 bits per heavy atom. The average molecular weight is 493 g/mol. The first kappa shape index (κ1) is 26.0. The van der Waals surface area contributed by atoms with Crippen LogP contribution in [0.4, 0.5) is 4.39 Å². The largest absolute Gasteiger partial charge is 0.494 e. The van der Waals surface area contributed by atoms with Crippen LogP contribution in [0, 0.1) is 5.82 Å². The van der Waals surface area contributed by atoms with Gasteiger partial charge in [0.1, 0.15) is 23.1 Å². The minimum Gasteiger partial charge on any atom is -0.494 e. The van der Waals surface area contributed by atoms with Crippen LogP contribution in [0.2, 0.25) is 0 Å². The molecular weight excluding hydrogens is 455 g/mol. The van der Waals surface area contributed by atoms with Crippen LogP contribution in [0.1, 0.15) is 58.8 Å². The van der Waals surface area contributed by atoms with E-state index in [0.29, 0.717) is 24.5 Å². The Labute approximate surface area is 214 Å². The van der Waals surface area contributed by atoms with Crippen molar-refractivity contribution in [2.24, 2.45) is 0 Å². The molecule has 0 saturated carbocycles. The van der Waals surface area contributed by atoms with Gasteiger partial charge in [-0.1, -0.05) is 51.0 Å². The fourth-order valence-corrected chi connectivity index (χ4v) is 4.18. The zero-order valence-electron chi connectivity index (χ0n) is 21.4. The van der Waals surface area contributed by atoms with Crippen molar-refractivity contribution in [1.82, 2.24) is 0 Å². The molecule has 0 aliphatic carbocycles. The van der Waals surface area contributed by atoms with E-state index in [1.165, 1.54) is 0 Å². The normalized spacial score (nSPS) is 15.5. The third-order valence-corrected chi connectivity index (χ3v) is 6.33. The molecule has 0 aromatic heterocycles. The summed E-state index contributed by atoms with van der Waals surface area (Å²) in [5, 5.41) is 0. The molecule has 1 heterocycles. The van der Waals surface area contributed by atoms with Crippen LogP contribution >= 0.6 is 0 Å². The highest BCUT2D eigenvalue weighted by Gasteiger charge is 2.17. The van der Waals surface area contributed by atoms with Crippen molar-refractivity contribution in [3.8, 4) is 39.5 Å². The minimum absolute atomic E-state index is 0.206. The molecule has 0 spiro atoms. The minimum atomic E-state index is -0.291.